The number of ketones is 1. The maximum atomic E-state index is 12.5. The zero-order valence-electron chi connectivity index (χ0n) is 13.1. The van der Waals surface area contributed by atoms with E-state index in [-0.39, 0.29) is 17.7 Å². The molecule has 5 heteroatoms. The van der Waals surface area contributed by atoms with Gasteiger partial charge < -0.3 is 10.2 Å². The molecule has 5 nitrogen and oxygen atoms in total. The first kappa shape index (κ1) is 16.2. The Balaban J connectivity index is 2.01. The molecule has 118 valence electrons. The van der Waals surface area contributed by atoms with Crippen molar-refractivity contribution in [2.75, 3.05) is 18.4 Å². The minimum atomic E-state index is -0.163. The predicted molar refractivity (Wildman–Crippen MR) is 84.7 cm³/mol. The van der Waals surface area contributed by atoms with Crippen molar-refractivity contribution < 1.29 is 14.4 Å². The summed E-state index contributed by atoms with van der Waals surface area (Å²) in [4.78, 5) is 37.1. The summed E-state index contributed by atoms with van der Waals surface area (Å²) in [6.07, 6.45) is 2.05. The van der Waals surface area contributed by atoms with E-state index in [1.807, 2.05) is 6.92 Å². The van der Waals surface area contributed by atoms with Crippen molar-refractivity contribution in [1.82, 2.24) is 4.90 Å². The van der Waals surface area contributed by atoms with Gasteiger partial charge in [-0.05, 0) is 31.0 Å². The number of carbonyl (C=O) groups is 3. The van der Waals surface area contributed by atoms with E-state index in [2.05, 4.69) is 5.32 Å². The van der Waals surface area contributed by atoms with Crippen LogP contribution in [-0.2, 0) is 9.59 Å². The highest BCUT2D eigenvalue weighted by Gasteiger charge is 2.26. The molecule has 0 bridgehead atoms. The van der Waals surface area contributed by atoms with Crippen LogP contribution in [0.2, 0.25) is 0 Å². The molecule has 0 saturated carbocycles. The minimum absolute atomic E-state index is 0.0467. The number of anilines is 1. The van der Waals surface area contributed by atoms with E-state index in [1.54, 1.807) is 29.2 Å². The van der Waals surface area contributed by atoms with Gasteiger partial charge in [0.2, 0.25) is 5.91 Å². The summed E-state index contributed by atoms with van der Waals surface area (Å²) in [5.41, 5.74) is 1.18. The molecule has 1 aromatic rings. The van der Waals surface area contributed by atoms with Crippen LogP contribution in [0.15, 0.2) is 24.3 Å². The molecule has 1 heterocycles. The van der Waals surface area contributed by atoms with Gasteiger partial charge in [0, 0.05) is 43.6 Å². The van der Waals surface area contributed by atoms with Gasteiger partial charge in [0.1, 0.15) is 5.78 Å². The van der Waals surface area contributed by atoms with Gasteiger partial charge in [-0.25, -0.2) is 0 Å². The fourth-order valence-corrected chi connectivity index (χ4v) is 2.81. The van der Waals surface area contributed by atoms with Crippen molar-refractivity contribution in [1.29, 1.82) is 0 Å². The van der Waals surface area contributed by atoms with Crippen LogP contribution in [-0.4, -0.2) is 35.6 Å². The first-order valence-corrected chi connectivity index (χ1v) is 7.71. The minimum Gasteiger partial charge on any atom is -0.339 e. The Kier molecular flexibility index (Phi) is 5.31. The molecule has 1 aliphatic heterocycles. The van der Waals surface area contributed by atoms with E-state index < -0.39 is 0 Å². The van der Waals surface area contributed by atoms with Crippen LogP contribution >= 0.6 is 0 Å². The lowest BCUT2D eigenvalue weighted by atomic mass is 9.91. The smallest absolute Gasteiger partial charge is 0.253 e. The average Bonchev–Trinajstić information content (AvgIpc) is 2.53. The van der Waals surface area contributed by atoms with Gasteiger partial charge in [-0.3, -0.25) is 14.4 Å². The summed E-state index contributed by atoms with van der Waals surface area (Å²) in [6, 6.07) is 6.94. The Morgan fingerprint density at radius 2 is 1.91 bits per heavy atom. The second-order valence-electron chi connectivity index (χ2n) is 5.65. The number of rotatable bonds is 4. The summed E-state index contributed by atoms with van der Waals surface area (Å²) in [5.74, 6) is 0.178. The van der Waals surface area contributed by atoms with Gasteiger partial charge in [0.15, 0.2) is 0 Å². The Morgan fingerprint density at radius 3 is 2.50 bits per heavy atom. The summed E-state index contributed by atoms with van der Waals surface area (Å²) >= 11 is 0. The summed E-state index contributed by atoms with van der Waals surface area (Å²) < 4.78 is 0. The molecule has 2 rings (SSSR count). The number of amides is 2. The van der Waals surface area contributed by atoms with Gasteiger partial charge in [-0.2, -0.15) is 0 Å². The van der Waals surface area contributed by atoms with Crippen molar-refractivity contribution in [3.05, 3.63) is 29.8 Å². The van der Waals surface area contributed by atoms with Crippen molar-refractivity contribution in [3.8, 4) is 0 Å². The third kappa shape index (κ3) is 3.93. The molecule has 0 aromatic heterocycles. The maximum Gasteiger partial charge on any atom is 0.253 e. The standard InChI is InChI=1S/C17H22N2O3/c1-3-16(21)13-7-9-19(10-8-13)17(22)14-5-4-6-15(11-14)18-12(2)20/h4-6,11,13H,3,7-10H2,1-2H3,(H,18,20). The Labute approximate surface area is 130 Å². The first-order valence-electron chi connectivity index (χ1n) is 7.71. The molecule has 1 saturated heterocycles. The van der Waals surface area contributed by atoms with Gasteiger partial charge in [-0.1, -0.05) is 13.0 Å². The van der Waals surface area contributed by atoms with Crippen LogP contribution < -0.4 is 5.32 Å². The van der Waals surface area contributed by atoms with E-state index in [0.717, 1.165) is 12.8 Å². The van der Waals surface area contributed by atoms with Gasteiger partial charge >= 0.3 is 0 Å². The summed E-state index contributed by atoms with van der Waals surface area (Å²) in [5, 5.41) is 2.68. The molecule has 1 aromatic carbocycles. The van der Waals surface area contributed by atoms with Crippen LogP contribution in [0.1, 0.15) is 43.5 Å². The van der Waals surface area contributed by atoms with Crippen molar-refractivity contribution in [2.24, 2.45) is 5.92 Å². The number of likely N-dealkylation sites (tertiary alicyclic amines) is 1. The predicted octanol–water partition coefficient (Wildman–Crippen LogP) is 2.48. The fourth-order valence-electron chi connectivity index (χ4n) is 2.81. The quantitative estimate of drug-likeness (QED) is 0.929. The average molecular weight is 302 g/mol. The van der Waals surface area contributed by atoms with Crippen molar-refractivity contribution in [2.45, 2.75) is 33.1 Å². The molecule has 1 aliphatic rings. The van der Waals surface area contributed by atoms with Crippen molar-refractivity contribution >= 4 is 23.3 Å². The Hall–Kier alpha value is -2.17. The number of benzene rings is 1. The topological polar surface area (TPSA) is 66.5 Å². The van der Waals surface area contributed by atoms with Crippen LogP contribution in [0.3, 0.4) is 0 Å². The maximum absolute atomic E-state index is 12.5. The van der Waals surface area contributed by atoms with E-state index >= 15 is 0 Å². The lowest BCUT2D eigenvalue weighted by molar-refractivity contribution is -0.123. The second-order valence-corrected chi connectivity index (χ2v) is 5.65. The molecule has 0 aliphatic carbocycles. The lowest BCUT2D eigenvalue weighted by Gasteiger charge is -2.31. The highest BCUT2D eigenvalue weighted by Crippen LogP contribution is 2.21. The van der Waals surface area contributed by atoms with Crippen molar-refractivity contribution in [3.63, 3.8) is 0 Å². The van der Waals surface area contributed by atoms with E-state index in [0.29, 0.717) is 36.5 Å². The zero-order valence-corrected chi connectivity index (χ0v) is 13.1. The van der Waals surface area contributed by atoms with Gasteiger partial charge in [0.25, 0.3) is 5.91 Å². The molecule has 0 spiro atoms. The Bertz CT molecular complexity index is 575. The molecule has 0 unspecified atom stereocenters. The number of hydrogen-bond acceptors (Lipinski definition) is 3. The monoisotopic (exact) mass is 302 g/mol. The third-order valence-electron chi connectivity index (χ3n) is 4.02. The number of piperidine rings is 1. The number of nitrogens with zero attached hydrogens (tertiary/aromatic N) is 1. The van der Waals surface area contributed by atoms with Crippen LogP contribution in [0.5, 0.6) is 0 Å². The largest absolute Gasteiger partial charge is 0.339 e. The van der Waals surface area contributed by atoms with E-state index in [4.69, 9.17) is 0 Å². The molecule has 2 amide bonds. The summed E-state index contributed by atoms with van der Waals surface area (Å²) in [6.45, 7) is 4.54. The number of carbonyl (C=O) groups excluding carboxylic acids is 3. The molecule has 1 N–H and O–H groups in total. The lowest BCUT2D eigenvalue weighted by Crippen LogP contribution is -2.40. The number of hydrogen-bond donors (Lipinski definition) is 1. The van der Waals surface area contributed by atoms with Crippen LogP contribution in [0.4, 0.5) is 5.69 Å². The molecular formula is C17H22N2O3. The molecular weight excluding hydrogens is 280 g/mol. The summed E-state index contributed by atoms with van der Waals surface area (Å²) in [7, 11) is 0. The molecule has 0 atom stereocenters. The zero-order chi connectivity index (χ0) is 16.1. The Morgan fingerprint density at radius 1 is 1.23 bits per heavy atom. The highest BCUT2D eigenvalue weighted by molar-refractivity contribution is 5.97. The molecule has 0 radical (unpaired) electrons. The number of nitrogens with one attached hydrogen (secondary N) is 1. The second kappa shape index (κ2) is 7.20. The molecule has 22 heavy (non-hydrogen) atoms. The highest BCUT2D eigenvalue weighted by atomic mass is 16.2. The molecule has 1 fully saturated rings. The third-order valence-corrected chi connectivity index (χ3v) is 4.02. The van der Waals surface area contributed by atoms with Gasteiger partial charge in [0.05, 0.1) is 0 Å². The SMILES string of the molecule is CCC(=O)C1CCN(C(=O)c2cccc(NC(C)=O)c2)CC1. The van der Waals surface area contributed by atoms with E-state index in [1.165, 1.54) is 6.92 Å². The first-order chi connectivity index (χ1) is 10.5. The van der Waals surface area contributed by atoms with Crippen LogP contribution in [0.25, 0.3) is 0 Å². The normalized spacial score (nSPS) is 15.5. The fraction of sp³-hybridized carbons (Fsp3) is 0.471. The number of Topliss-reactive ketones (excluding diaryl/α,β-unsaturated/α-hetero) is 1. The van der Waals surface area contributed by atoms with Crippen LogP contribution in [0, 0.1) is 5.92 Å². The van der Waals surface area contributed by atoms with E-state index in [9.17, 15) is 14.4 Å². The van der Waals surface area contributed by atoms with Gasteiger partial charge in [-0.15, -0.1) is 0 Å².